The lowest BCUT2D eigenvalue weighted by Crippen LogP contribution is -2.38. The molecule has 1 aromatic heterocycles. The molecule has 2 amide bonds. The van der Waals surface area contributed by atoms with E-state index in [1.165, 1.54) is 10.4 Å². The molecule has 0 bridgehead atoms. The van der Waals surface area contributed by atoms with Crippen LogP contribution in [0.2, 0.25) is 0 Å². The number of carbonyl (C=O) groups is 2. The van der Waals surface area contributed by atoms with Crippen LogP contribution in [0.1, 0.15) is 28.1 Å². The molecule has 0 unspecified atom stereocenters. The van der Waals surface area contributed by atoms with Gasteiger partial charge in [-0.3, -0.25) is 9.59 Å². The smallest absolute Gasteiger partial charge is 0.263 e. The van der Waals surface area contributed by atoms with E-state index in [1.54, 1.807) is 22.0 Å². The third-order valence-corrected chi connectivity index (χ3v) is 9.10. The minimum atomic E-state index is -3.68. The van der Waals surface area contributed by atoms with E-state index in [1.807, 2.05) is 24.3 Å². The van der Waals surface area contributed by atoms with Crippen molar-refractivity contribution in [3.8, 4) is 0 Å². The molecule has 30 heavy (non-hydrogen) atoms. The van der Waals surface area contributed by atoms with Gasteiger partial charge in [0.25, 0.3) is 5.91 Å². The van der Waals surface area contributed by atoms with Gasteiger partial charge in [0.15, 0.2) is 0 Å². The Labute approximate surface area is 184 Å². The number of benzene rings is 1. The highest BCUT2D eigenvalue weighted by atomic mass is 32.2. The molecule has 0 spiro atoms. The number of hydrogen-bond donors (Lipinski definition) is 1. The number of nitrogens with one attached hydrogen (secondary N) is 1. The number of sulfonamides is 1. The number of anilines is 1. The summed E-state index contributed by atoms with van der Waals surface area (Å²) in [6.07, 6.45) is 1.41. The summed E-state index contributed by atoms with van der Waals surface area (Å²) in [5, 5.41) is 4.47. The van der Waals surface area contributed by atoms with Crippen molar-refractivity contribution in [3.05, 3.63) is 46.2 Å². The first-order valence-corrected chi connectivity index (χ1v) is 13.3. The first-order chi connectivity index (χ1) is 14.5. The summed E-state index contributed by atoms with van der Waals surface area (Å²) in [5.74, 6) is 1.24. The molecule has 160 valence electrons. The molecular formula is C20H23N3O4S3. The van der Waals surface area contributed by atoms with Gasteiger partial charge in [0, 0.05) is 49.8 Å². The Morgan fingerprint density at radius 3 is 2.67 bits per heavy atom. The number of nitrogens with zero attached hydrogens (tertiary/aromatic N) is 2. The maximum atomic E-state index is 13.0. The highest BCUT2D eigenvalue weighted by Crippen LogP contribution is 2.27. The van der Waals surface area contributed by atoms with Gasteiger partial charge in [-0.25, -0.2) is 8.42 Å². The molecule has 0 radical (unpaired) electrons. The zero-order valence-electron chi connectivity index (χ0n) is 16.4. The zero-order chi connectivity index (χ0) is 21.1. The minimum Gasteiger partial charge on any atom is -0.347 e. The van der Waals surface area contributed by atoms with Crippen LogP contribution in [0.4, 0.5) is 5.69 Å². The van der Waals surface area contributed by atoms with Crippen molar-refractivity contribution in [2.24, 2.45) is 0 Å². The van der Waals surface area contributed by atoms with Crippen LogP contribution in [-0.2, 0) is 21.4 Å². The summed E-state index contributed by atoms with van der Waals surface area (Å²) in [7, 11) is -3.68. The predicted octanol–water partition coefficient (Wildman–Crippen LogP) is 2.54. The molecule has 0 saturated carbocycles. The molecule has 1 aromatic carbocycles. The van der Waals surface area contributed by atoms with Crippen molar-refractivity contribution < 1.29 is 18.0 Å². The van der Waals surface area contributed by atoms with E-state index in [2.05, 4.69) is 5.32 Å². The standard InChI is InChI=1S/C20H23N3O4S3/c24-18-5-2-7-23(18)16-4-1-3-15(13-16)14-21-20(25)19-17(6-10-29-19)30(26,27)22-8-11-28-12-9-22/h1,3-4,6,10,13H,2,5,7-9,11-12,14H2,(H,21,25). The number of rotatable bonds is 6. The molecule has 1 N–H and O–H groups in total. The largest absolute Gasteiger partial charge is 0.347 e. The number of thioether (sulfide) groups is 1. The van der Waals surface area contributed by atoms with Gasteiger partial charge in [-0.05, 0) is 35.6 Å². The molecular weight excluding hydrogens is 442 g/mol. The zero-order valence-corrected chi connectivity index (χ0v) is 18.8. The molecule has 0 atom stereocenters. The SMILES string of the molecule is O=C(NCc1cccc(N2CCCC2=O)c1)c1sccc1S(=O)(=O)N1CCSCC1. The van der Waals surface area contributed by atoms with Crippen molar-refractivity contribution in [3.63, 3.8) is 0 Å². The number of amides is 2. The molecule has 2 aliphatic rings. The lowest BCUT2D eigenvalue weighted by atomic mass is 10.2. The number of thiophene rings is 1. The highest BCUT2D eigenvalue weighted by Gasteiger charge is 2.31. The van der Waals surface area contributed by atoms with Gasteiger partial charge < -0.3 is 10.2 Å². The minimum absolute atomic E-state index is 0.0771. The molecule has 2 aliphatic heterocycles. The average Bonchev–Trinajstić information content (AvgIpc) is 3.42. The highest BCUT2D eigenvalue weighted by molar-refractivity contribution is 7.99. The van der Waals surface area contributed by atoms with Crippen LogP contribution < -0.4 is 10.2 Å². The monoisotopic (exact) mass is 465 g/mol. The van der Waals surface area contributed by atoms with Crippen molar-refractivity contribution in [2.45, 2.75) is 24.3 Å². The number of carbonyl (C=O) groups excluding carboxylic acids is 2. The van der Waals surface area contributed by atoms with Crippen LogP contribution in [0, 0.1) is 0 Å². The number of hydrogen-bond acceptors (Lipinski definition) is 6. The van der Waals surface area contributed by atoms with E-state index in [0.29, 0.717) is 26.1 Å². The second-order valence-corrected chi connectivity index (χ2v) is 11.2. The molecule has 0 aliphatic carbocycles. The molecule has 7 nitrogen and oxygen atoms in total. The lowest BCUT2D eigenvalue weighted by Gasteiger charge is -2.25. The van der Waals surface area contributed by atoms with Gasteiger partial charge in [-0.2, -0.15) is 16.1 Å². The van der Waals surface area contributed by atoms with E-state index in [9.17, 15) is 18.0 Å². The molecule has 2 fully saturated rings. The fraction of sp³-hybridized carbons (Fsp3) is 0.400. The quantitative estimate of drug-likeness (QED) is 0.709. The summed E-state index contributed by atoms with van der Waals surface area (Å²) < 4.78 is 27.4. The Morgan fingerprint density at radius 2 is 1.93 bits per heavy atom. The fourth-order valence-electron chi connectivity index (χ4n) is 3.61. The average molecular weight is 466 g/mol. The summed E-state index contributed by atoms with van der Waals surface area (Å²) in [6, 6.07) is 9.02. The fourth-order valence-corrected chi connectivity index (χ4v) is 7.50. The summed E-state index contributed by atoms with van der Waals surface area (Å²) in [6.45, 7) is 1.89. The van der Waals surface area contributed by atoms with Crippen molar-refractivity contribution >= 4 is 50.6 Å². The summed E-state index contributed by atoms with van der Waals surface area (Å²) in [4.78, 5) is 26.8. The van der Waals surface area contributed by atoms with Crippen LogP contribution in [-0.4, -0.2) is 55.7 Å². The molecule has 4 rings (SSSR count). The summed E-state index contributed by atoms with van der Waals surface area (Å²) in [5.41, 5.74) is 1.68. The topological polar surface area (TPSA) is 86.8 Å². The third-order valence-electron chi connectivity index (χ3n) is 5.17. The lowest BCUT2D eigenvalue weighted by molar-refractivity contribution is -0.117. The van der Waals surface area contributed by atoms with E-state index < -0.39 is 15.9 Å². The molecule has 2 aromatic rings. The van der Waals surface area contributed by atoms with Crippen molar-refractivity contribution in [1.82, 2.24) is 9.62 Å². The second-order valence-electron chi connectivity index (χ2n) is 7.13. The van der Waals surface area contributed by atoms with Gasteiger partial charge in [0.1, 0.15) is 9.77 Å². The van der Waals surface area contributed by atoms with Gasteiger partial charge in [0.2, 0.25) is 15.9 Å². The Kier molecular flexibility index (Phi) is 6.47. The molecule has 10 heteroatoms. The van der Waals surface area contributed by atoms with Crippen LogP contribution in [0.5, 0.6) is 0 Å². The molecule has 3 heterocycles. The van der Waals surface area contributed by atoms with Gasteiger partial charge >= 0.3 is 0 Å². The van der Waals surface area contributed by atoms with Crippen LogP contribution in [0.25, 0.3) is 0 Å². The first-order valence-electron chi connectivity index (χ1n) is 9.80. The maximum absolute atomic E-state index is 13.0. The van der Waals surface area contributed by atoms with Gasteiger partial charge in [-0.1, -0.05) is 12.1 Å². The van der Waals surface area contributed by atoms with Crippen LogP contribution in [0.15, 0.2) is 40.6 Å². The van der Waals surface area contributed by atoms with E-state index in [-0.39, 0.29) is 22.2 Å². The van der Waals surface area contributed by atoms with Gasteiger partial charge in [-0.15, -0.1) is 11.3 Å². The Bertz CT molecular complexity index is 1050. The molecule has 2 saturated heterocycles. The van der Waals surface area contributed by atoms with Crippen LogP contribution >= 0.6 is 23.1 Å². The van der Waals surface area contributed by atoms with E-state index in [0.717, 1.165) is 40.5 Å². The summed E-state index contributed by atoms with van der Waals surface area (Å²) >= 11 is 2.86. The Hall–Kier alpha value is -1.88. The maximum Gasteiger partial charge on any atom is 0.263 e. The Balaban J connectivity index is 1.46. The van der Waals surface area contributed by atoms with Crippen molar-refractivity contribution in [1.29, 1.82) is 0 Å². The van der Waals surface area contributed by atoms with Crippen molar-refractivity contribution in [2.75, 3.05) is 36.0 Å². The van der Waals surface area contributed by atoms with E-state index in [4.69, 9.17) is 0 Å². The first kappa shape index (κ1) is 21.4. The normalized spacial score (nSPS) is 18.0. The van der Waals surface area contributed by atoms with E-state index >= 15 is 0 Å². The Morgan fingerprint density at radius 1 is 1.13 bits per heavy atom. The van der Waals surface area contributed by atoms with Gasteiger partial charge in [0.05, 0.1) is 0 Å². The third kappa shape index (κ3) is 4.41. The predicted molar refractivity (Wildman–Crippen MR) is 120 cm³/mol. The second kappa shape index (κ2) is 9.09. The van der Waals surface area contributed by atoms with Crippen LogP contribution in [0.3, 0.4) is 0 Å².